The van der Waals surface area contributed by atoms with Gasteiger partial charge in [0.1, 0.15) is 35.2 Å². The molecular weight excluding hydrogens is 1810 g/mol. The number of nitrogens with zero attached hydrogens (tertiary/aromatic N) is 10. The molecule has 15 heterocycles. The van der Waals surface area contributed by atoms with Gasteiger partial charge in [0.15, 0.2) is 58.9 Å². The number of benzene rings is 5. The maximum absolute atomic E-state index is 8.91. The number of hydrogen-bond acceptors (Lipinski definition) is 10. The van der Waals surface area contributed by atoms with E-state index in [1.807, 2.05) is 149 Å². The Morgan fingerprint density at radius 3 is 0.653 bits per heavy atom. The molecule has 0 fully saturated rings. The van der Waals surface area contributed by atoms with Gasteiger partial charge in [-0.1, -0.05) is 213 Å². The molecule has 0 aliphatic carbocycles. The van der Waals surface area contributed by atoms with Crippen molar-refractivity contribution >= 4 is 110 Å². The predicted molar refractivity (Wildman–Crippen MR) is 610 cm³/mol. The molecule has 0 unspecified atom stereocenters. The Morgan fingerprint density at radius 1 is 0.259 bits per heavy atom. The fraction of sp³-hybridized carbons (Fsp3) is 0.394. The van der Waals surface area contributed by atoms with Crippen molar-refractivity contribution in [2.75, 3.05) is 0 Å². The molecule has 762 valence electrons. The maximum atomic E-state index is 8.91. The van der Waals surface area contributed by atoms with E-state index in [0.29, 0.717) is 92.3 Å². The maximum Gasteiger partial charge on any atom is 0.227 e. The molecule has 0 saturated carbocycles. The zero-order chi connectivity index (χ0) is 124. The quantitative estimate of drug-likeness (QED) is 0.0908. The Bertz CT molecular complexity index is 9230. The molecule has 0 atom stereocenters. The summed E-state index contributed by atoms with van der Waals surface area (Å²) in [6, 6.07) is 49.9. The van der Waals surface area contributed by atoms with Crippen LogP contribution in [0.4, 0.5) is 0 Å². The second-order valence-electron chi connectivity index (χ2n) is 46.0. The average Bonchev–Trinajstić information content (AvgIpc) is 1.40. The lowest BCUT2D eigenvalue weighted by molar-refractivity contribution is -0.660. The largest absolute Gasteiger partial charge is 0.437 e. The van der Waals surface area contributed by atoms with Gasteiger partial charge < -0.3 is 22.1 Å². The van der Waals surface area contributed by atoms with Crippen LogP contribution >= 0.6 is 0 Å². The van der Waals surface area contributed by atoms with Gasteiger partial charge in [0.05, 0.1) is 27.8 Å². The molecule has 147 heavy (non-hydrogen) atoms. The number of furan rings is 5. The van der Waals surface area contributed by atoms with Gasteiger partial charge in [-0.3, -0.25) is 0 Å². The van der Waals surface area contributed by atoms with E-state index in [1.165, 1.54) is 18.6 Å². The predicted octanol–water partition coefficient (Wildman–Crippen LogP) is 32.3. The van der Waals surface area contributed by atoms with E-state index in [-0.39, 0.29) is 50.1 Å². The second-order valence-corrected chi connectivity index (χ2v) is 46.0. The second kappa shape index (κ2) is 41.4. The number of hydrogen-bond donors (Lipinski definition) is 0. The molecule has 0 aliphatic rings. The van der Waals surface area contributed by atoms with Crippen LogP contribution < -0.4 is 22.8 Å². The third-order valence-electron chi connectivity index (χ3n) is 26.9. The van der Waals surface area contributed by atoms with E-state index in [9.17, 15) is 0 Å². The lowest BCUT2D eigenvalue weighted by Gasteiger charge is -2.19. The van der Waals surface area contributed by atoms with Crippen molar-refractivity contribution in [3.63, 3.8) is 0 Å². The van der Waals surface area contributed by atoms with E-state index < -0.39 is 69.6 Å². The fourth-order valence-electron chi connectivity index (χ4n) is 19.6. The molecule has 0 N–H and O–H groups in total. The van der Waals surface area contributed by atoms with Crippen LogP contribution in [0.2, 0.25) is 0 Å². The Balaban J connectivity index is 0.000000147. The molecule has 0 radical (unpaired) electrons. The fourth-order valence-corrected chi connectivity index (χ4v) is 19.6. The number of pyridine rings is 10. The Morgan fingerprint density at radius 2 is 0.456 bits per heavy atom. The number of rotatable bonds is 15. The van der Waals surface area contributed by atoms with Crippen molar-refractivity contribution in [1.29, 1.82) is 0 Å². The summed E-state index contributed by atoms with van der Waals surface area (Å²) in [7, 11) is 9.17. The molecule has 20 aromatic rings. The van der Waals surface area contributed by atoms with Gasteiger partial charge in [-0.05, 0) is 275 Å². The summed E-state index contributed by atoms with van der Waals surface area (Å²) in [6.45, 7) is 41.8. The van der Waals surface area contributed by atoms with Gasteiger partial charge in [0.25, 0.3) is 0 Å². The minimum atomic E-state index is -2.46. The highest BCUT2D eigenvalue weighted by molar-refractivity contribution is 6.13. The molecule has 0 saturated heterocycles. The molecular formula is C132H159N10O5+5. The highest BCUT2D eigenvalue weighted by Gasteiger charge is 2.33. The van der Waals surface area contributed by atoms with E-state index in [0.717, 1.165) is 191 Å². The normalized spacial score (nSPS) is 15.2. The van der Waals surface area contributed by atoms with Crippen LogP contribution in [0.1, 0.15) is 305 Å². The number of fused-ring (bicyclic) bond motifs is 15. The van der Waals surface area contributed by atoms with Gasteiger partial charge in [0.2, 0.25) is 57.0 Å². The van der Waals surface area contributed by atoms with E-state index in [2.05, 4.69) is 147 Å². The van der Waals surface area contributed by atoms with E-state index in [4.69, 9.17) is 60.8 Å². The van der Waals surface area contributed by atoms with Gasteiger partial charge >= 0.3 is 0 Å². The minimum Gasteiger partial charge on any atom is -0.437 e. The molecule has 0 aliphatic heterocycles. The van der Waals surface area contributed by atoms with Crippen LogP contribution in [0.5, 0.6) is 0 Å². The van der Waals surface area contributed by atoms with Crippen LogP contribution in [0.25, 0.3) is 167 Å². The molecule has 20 rings (SSSR count). The highest BCUT2D eigenvalue weighted by Crippen LogP contribution is 2.46. The zero-order valence-electron chi connectivity index (χ0n) is 113. The van der Waals surface area contributed by atoms with Crippen molar-refractivity contribution in [1.82, 2.24) is 24.9 Å². The monoisotopic (exact) mass is 1990 g/mol. The summed E-state index contributed by atoms with van der Waals surface area (Å²) >= 11 is 0. The first-order valence-corrected chi connectivity index (χ1v) is 51.3. The summed E-state index contributed by atoms with van der Waals surface area (Å²) in [5.41, 5.74) is 25.2. The summed E-state index contributed by atoms with van der Waals surface area (Å²) < 4.78 is 215. The first kappa shape index (κ1) is 81.7. The highest BCUT2D eigenvalue weighted by atomic mass is 16.4. The summed E-state index contributed by atoms with van der Waals surface area (Å²) in [4.78, 5) is 23.5. The number of aryl methyl sites for hydroxylation is 18. The zero-order valence-corrected chi connectivity index (χ0v) is 92.0. The Kier molecular flexibility index (Phi) is 23.0. The Hall–Kier alpha value is -13.4. The van der Waals surface area contributed by atoms with E-state index >= 15 is 0 Å². The lowest BCUT2D eigenvalue weighted by atomic mass is 9.86. The summed E-state index contributed by atoms with van der Waals surface area (Å²) in [6.07, 6.45) is 6.28. The smallest absolute Gasteiger partial charge is 0.227 e. The lowest BCUT2D eigenvalue weighted by Crippen LogP contribution is -2.32. The molecule has 0 spiro atoms. The van der Waals surface area contributed by atoms with Crippen molar-refractivity contribution in [2.45, 2.75) is 284 Å². The van der Waals surface area contributed by atoms with Gasteiger partial charge in [-0.2, -0.15) is 0 Å². The van der Waals surface area contributed by atoms with Crippen molar-refractivity contribution < 1.29 is 73.7 Å². The van der Waals surface area contributed by atoms with Crippen LogP contribution in [0.15, 0.2) is 205 Å². The SMILES string of the molecule is [2H]C([2H])([2H])c1c[n+](C)c(-c2c(C)ccc3c2oc2nc(C(C)C)ccc23)cc1C([2H])([2H])C(C)(C)C.[2H]C([2H])([2H])c1c[n+](C)c(-c2c(C)ccc3c2oc2nc(C(C)C)ccc23)cc1CC(C)(C)C.[2H]C([2H])([2H])c1c[n+](C)c(-c2c(C)ccc3c2oc2nc(CC)ccc23)cc1C([2H])([2H])C(C)(C)C.[2H]C([2H])([2H])c1c[n+](C)c(-c2c(C)ccc3c2oc2nc(CC)ccc23)cc1C([2H])([2H])C(C)(C)C.[2H]C([2H])([2H])c1c[n+](C)c(-c2c(C)ccc3c2oc2nc(CC)ccc23)cc1CC(C)(C)C. The van der Waals surface area contributed by atoms with E-state index in [1.54, 1.807) is 128 Å². The van der Waals surface area contributed by atoms with Gasteiger partial charge in [-0.15, -0.1) is 0 Å². The molecule has 0 bridgehead atoms. The Labute approximate surface area is 901 Å². The summed E-state index contributed by atoms with van der Waals surface area (Å²) in [5.74, 6) is 0.579. The summed E-state index contributed by atoms with van der Waals surface area (Å²) in [5, 5.41) is 9.54. The van der Waals surface area contributed by atoms with Crippen molar-refractivity contribution in [3.05, 3.63) is 295 Å². The standard InChI is InChI=1S/2C27H33N2O.3C26H31N2O/c2*1-16(2)22-12-11-21-20-10-9-17(3)24(25(20)30-26(21)28-22)23-13-19(14-27(5,6)7)18(4)15-29(23)8;3*1-8-19-10-12-21-20-11-9-16(2)23(24(20)29-25(21)27-19)22-13-18(14-26(4,5)6)17(3)15-28(22)7/h2*9-13,15-16H,14H2,1-8H3;3*9-13,15H,8,14H2,1-7H3/q5*+1/i4D3,14D2;4D3;2*3D3,14D2;3D3. The van der Waals surface area contributed by atoms with Crippen molar-refractivity contribution in [2.24, 2.45) is 62.3 Å². The molecule has 15 aromatic heterocycles. The first-order chi connectivity index (χ1) is 77.5. The van der Waals surface area contributed by atoms with Crippen LogP contribution in [0, 0.1) is 96.0 Å². The number of aromatic nitrogens is 10. The molecule has 15 nitrogen and oxygen atoms in total. The van der Waals surface area contributed by atoms with Crippen molar-refractivity contribution in [3.8, 4) is 56.3 Å². The van der Waals surface area contributed by atoms with Crippen LogP contribution in [-0.4, -0.2) is 24.9 Å². The first-order valence-electron chi connectivity index (χ1n) is 61.8. The molecule has 5 aromatic carbocycles. The average molecular weight is 1990 g/mol. The van der Waals surface area contributed by atoms with Crippen LogP contribution in [-0.2, 0) is 86.5 Å². The minimum absolute atomic E-state index is 0.0151. The van der Waals surface area contributed by atoms with Gasteiger partial charge in [0, 0.05) is 169 Å². The van der Waals surface area contributed by atoms with Crippen LogP contribution in [0.3, 0.4) is 0 Å². The molecule has 15 heteroatoms. The van der Waals surface area contributed by atoms with Gasteiger partial charge in [-0.25, -0.2) is 47.8 Å². The topological polar surface area (TPSA) is 150 Å². The third-order valence-corrected chi connectivity index (χ3v) is 26.9. The third kappa shape index (κ3) is 22.7. The molecule has 0 amide bonds.